The molecule has 1 aliphatic rings. The Morgan fingerprint density at radius 3 is 2.27 bits per heavy atom. The summed E-state index contributed by atoms with van der Waals surface area (Å²) >= 11 is 0. The van der Waals surface area contributed by atoms with Gasteiger partial charge in [-0.05, 0) is 37.0 Å². The fraction of sp³-hybridized carbons (Fsp3) is 0.435. The Morgan fingerprint density at radius 2 is 1.68 bits per heavy atom. The van der Waals surface area contributed by atoms with Crippen LogP contribution in [0, 0.1) is 0 Å². The monoisotopic (exact) mass is 598 g/mol. The number of hydrogen-bond acceptors (Lipinski definition) is 8. The van der Waals surface area contributed by atoms with Crippen molar-refractivity contribution in [2.24, 2.45) is 0 Å². The van der Waals surface area contributed by atoms with E-state index in [1.165, 1.54) is 0 Å². The topological polar surface area (TPSA) is 131 Å². The van der Waals surface area contributed by atoms with Crippen molar-refractivity contribution in [1.82, 2.24) is 25.1 Å². The zero-order valence-electron chi connectivity index (χ0n) is 20.5. The average molecular weight is 598 g/mol. The van der Waals surface area contributed by atoms with Gasteiger partial charge in [-0.1, -0.05) is 12.5 Å². The van der Waals surface area contributed by atoms with Crippen LogP contribution in [0.4, 0.5) is 45.2 Å². The first-order valence-electron chi connectivity index (χ1n) is 11.7. The van der Waals surface area contributed by atoms with Crippen molar-refractivity contribution < 1.29 is 53.8 Å². The van der Waals surface area contributed by atoms with Gasteiger partial charge in [0, 0.05) is 19.3 Å². The minimum Gasteiger partial charge on any atom is -0.416 e. The SMILES string of the molecule is Nc1cc(C(F)(F)F)c2nc1-c1nnc(o1)[C@@](O)(C(F)(F)F)CCCCCN(Cc1ccc(C(F)(F)F)nc1)C2=O. The van der Waals surface area contributed by atoms with Crippen LogP contribution in [-0.2, 0) is 24.5 Å². The first kappa shape index (κ1) is 30.0. The van der Waals surface area contributed by atoms with Crippen LogP contribution >= 0.6 is 0 Å². The number of anilines is 1. The lowest BCUT2D eigenvalue weighted by molar-refractivity contribution is -0.277. The van der Waals surface area contributed by atoms with E-state index in [1.807, 2.05) is 0 Å². The number of amides is 1. The van der Waals surface area contributed by atoms with Crippen molar-refractivity contribution in [3.05, 3.63) is 52.8 Å². The lowest BCUT2D eigenvalue weighted by atomic mass is 9.95. The summed E-state index contributed by atoms with van der Waals surface area (Å²) < 4.78 is 127. The molecule has 3 aromatic rings. The van der Waals surface area contributed by atoms with E-state index in [4.69, 9.17) is 10.2 Å². The molecule has 0 saturated heterocycles. The number of rotatable bonds is 2. The lowest BCUT2D eigenvalue weighted by Crippen LogP contribution is -2.42. The largest absolute Gasteiger partial charge is 0.433 e. The van der Waals surface area contributed by atoms with Gasteiger partial charge in [-0.2, -0.15) is 39.5 Å². The highest BCUT2D eigenvalue weighted by molar-refractivity contribution is 5.95. The zero-order chi connectivity index (χ0) is 30.4. The fourth-order valence-electron chi connectivity index (χ4n) is 4.10. The smallest absolute Gasteiger partial charge is 0.416 e. The van der Waals surface area contributed by atoms with Crippen molar-refractivity contribution >= 4 is 11.6 Å². The molecule has 0 aliphatic carbocycles. The molecule has 0 spiro atoms. The maximum absolute atomic E-state index is 13.9. The molecule has 0 saturated carbocycles. The number of aliphatic hydroxyl groups is 1. The summed E-state index contributed by atoms with van der Waals surface area (Å²) in [5.74, 6) is -3.48. The fourth-order valence-corrected chi connectivity index (χ4v) is 4.10. The average Bonchev–Trinajstić information content (AvgIpc) is 3.35. The van der Waals surface area contributed by atoms with Gasteiger partial charge >= 0.3 is 18.5 Å². The molecule has 0 fully saturated rings. The van der Waals surface area contributed by atoms with Crippen molar-refractivity contribution in [2.75, 3.05) is 12.3 Å². The second-order valence-corrected chi connectivity index (χ2v) is 9.18. The van der Waals surface area contributed by atoms with E-state index in [0.29, 0.717) is 12.1 Å². The molecule has 222 valence electrons. The Morgan fingerprint density at radius 1 is 0.976 bits per heavy atom. The number of carbonyl (C=O) groups is 1. The molecule has 9 nitrogen and oxygen atoms in total. The standard InChI is InChI=1S/C23H19F9N6O3/c24-21(25,26)12-8-13(33)16-17-36-37-19(41-17)20(40,23(30,31)32)6-2-1-3-7-38(18(39)15(12)35-16)10-11-4-5-14(34-9-11)22(27,28)29/h4-5,8-9,40H,1-3,6-7,10,33H2/t20-/m1/s1. The van der Waals surface area contributed by atoms with Gasteiger partial charge in [-0.25, -0.2) is 4.98 Å². The van der Waals surface area contributed by atoms with Crippen LogP contribution in [-0.4, -0.2) is 48.8 Å². The Kier molecular flexibility index (Phi) is 7.66. The predicted octanol–water partition coefficient (Wildman–Crippen LogP) is 5.11. The third-order valence-corrected chi connectivity index (χ3v) is 6.25. The number of carbonyl (C=O) groups excluding carboxylic acids is 1. The molecule has 41 heavy (non-hydrogen) atoms. The summed E-state index contributed by atoms with van der Waals surface area (Å²) in [5, 5.41) is 17.0. The van der Waals surface area contributed by atoms with Gasteiger partial charge in [-0.3, -0.25) is 9.78 Å². The van der Waals surface area contributed by atoms with Gasteiger partial charge in [0.2, 0.25) is 5.60 Å². The molecule has 4 bridgehead atoms. The van der Waals surface area contributed by atoms with Gasteiger partial charge in [0.1, 0.15) is 11.4 Å². The third-order valence-electron chi connectivity index (χ3n) is 6.25. The van der Waals surface area contributed by atoms with Crippen LogP contribution < -0.4 is 5.73 Å². The van der Waals surface area contributed by atoms with Gasteiger partial charge < -0.3 is 20.2 Å². The molecule has 4 rings (SSSR count). The zero-order valence-corrected chi connectivity index (χ0v) is 20.5. The van der Waals surface area contributed by atoms with Gasteiger partial charge in [0.05, 0.1) is 11.3 Å². The molecular weight excluding hydrogens is 579 g/mol. The highest BCUT2D eigenvalue weighted by Crippen LogP contribution is 2.44. The summed E-state index contributed by atoms with van der Waals surface area (Å²) in [6, 6.07) is 1.92. The molecule has 0 radical (unpaired) electrons. The molecule has 1 amide bonds. The highest BCUT2D eigenvalue weighted by Gasteiger charge is 2.58. The van der Waals surface area contributed by atoms with Crippen molar-refractivity contribution in [3.8, 4) is 11.6 Å². The minimum absolute atomic E-state index is 0.0182. The summed E-state index contributed by atoms with van der Waals surface area (Å²) in [6.07, 6.45) is -15.8. The van der Waals surface area contributed by atoms with E-state index < -0.39 is 83.1 Å². The molecule has 1 atom stereocenters. The summed E-state index contributed by atoms with van der Waals surface area (Å²) in [6.45, 7) is -0.846. The van der Waals surface area contributed by atoms with Crippen LogP contribution in [0.3, 0.4) is 0 Å². The number of pyridine rings is 2. The Hall–Kier alpha value is -3.96. The normalized spacial score (nSPS) is 19.3. The Labute approximate surface area is 224 Å². The molecule has 3 N–H and O–H groups in total. The second kappa shape index (κ2) is 10.5. The Balaban J connectivity index is 1.83. The number of alkyl halides is 9. The molecular formula is C23H19F9N6O3. The summed E-state index contributed by atoms with van der Waals surface area (Å²) in [4.78, 5) is 21.2. The molecule has 0 unspecified atom stereocenters. The summed E-state index contributed by atoms with van der Waals surface area (Å²) in [5.41, 5.74) is -3.48. The maximum atomic E-state index is 13.9. The van der Waals surface area contributed by atoms with E-state index >= 15 is 0 Å². The van der Waals surface area contributed by atoms with Crippen LogP contribution in [0.2, 0.25) is 0 Å². The van der Waals surface area contributed by atoms with E-state index in [0.717, 1.165) is 17.2 Å². The van der Waals surface area contributed by atoms with Gasteiger partial charge in [-0.15, -0.1) is 10.2 Å². The molecule has 4 heterocycles. The van der Waals surface area contributed by atoms with E-state index in [-0.39, 0.29) is 31.4 Å². The highest BCUT2D eigenvalue weighted by atomic mass is 19.4. The van der Waals surface area contributed by atoms with E-state index in [2.05, 4.69) is 20.2 Å². The Bertz CT molecular complexity index is 1420. The van der Waals surface area contributed by atoms with Crippen LogP contribution in [0.25, 0.3) is 11.6 Å². The van der Waals surface area contributed by atoms with Crippen LogP contribution in [0.5, 0.6) is 0 Å². The number of aromatic nitrogens is 4. The lowest BCUT2D eigenvalue weighted by Gasteiger charge is -2.27. The van der Waals surface area contributed by atoms with Crippen molar-refractivity contribution in [3.63, 3.8) is 0 Å². The number of nitrogens with two attached hydrogens (primary N) is 1. The van der Waals surface area contributed by atoms with Gasteiger partial charge in [0.25, 0.3) is 17.7 Å². The number of hydrogen-bond donors (Lipinski definition) is 2. The minimum atomic E-state index is -5.28. The maximum Gasteiger partial charge on any atom is 0.433 e. The number of nitrogens with zero attached hydrogens (tertiary/aromatic N) is 5. The van der Waals surface area contributed by atoms with Crippen LogP contribution in [0.15, 0.2) is 28.8 Å². The summed E-state index contributed by atoms with van der Waals surface area (Å²) in [7, 11) is 0. The molecule has 1 aliphatic heterocycles. The van der Waals surface area contributed by atoms with E-state index in [1.54, 1.807) is 0 Å². The van der Waals surface area contributed by atoms with Gasteiger partial charge in [0.15, 0.2) is 5.69 Å². The van der Waals surface area contributed by atoms with Crippen LogP contribution in [0.1, 0.15) is 58.9 Å². The molecule has 3 aromatic heterocycles. The molecule has 18 heteroatoms. The predicted molar refractivity (Wildman–Crippen MR) is 119 cm³/mol. The first-order chi connectivity index (χ1) is 18.9. The first-order valence-corrected chi connectivity index (χ1v) is 11.7. The van der Waals surface area contributed by atoms with Crippen molar-refractivity contribution in [2.45, 2.75) is 56.4 Å². The number of nitrogen functional groups attached to an aromatic ring is 1. The number of halogens is 9. The third kappa shape index (κ3) is 6.06. The van der Waals surface area contributed by atoms with Crippen molar-refractivity contribution in [1.29, 1.82) is 0 Å². The number of fused-ring (bicyclic) bond motifs is 5. The van der Waals surface area contributed by atoms with E-state index in [9.17, 15) is 49.4 Å². The quantitative estimate of drug-likeness (QED) is 0.389. The second-order valence-electron chi connectivity index (χ2n) is 9.18. The molecule has 0 aromatic carbocycles.